The van der Waals surface area contributed by atoms with Gasteiger partial charge >= 0.3 is 0 Å². The Morgan fingerprint density at radius 1 is 1.08 bits per heavy atom. The number of nitrogens with one attached hydrogen (secondary N) is 2. The summed E-state index contributed by atoms with van der Waals surface area (Å²) in [7, 11) is 4.84. The van der Waals surface area contributed by atoms with Gasteiger partial charge in [-0.1, -0.05) is 0 Å². The highest BCUT2D eigenvalue weighted by molar-refractivity contribution is 6.04. The summed E-state index contributed by atoms with van der Waals surface area (Å²) in [6.07, 6.45) is 3.47. The van der Waals surface area contributed by atoms with Crippen LogP contribution in [0.15, 0.2) is 12.1 Å². The molecule has 0 bridgehead atoms. The molecule has 2 N–H and O–H groups in total. The highest BCUT2D eigenvalue weighted by Gasteiger charge is 2.24. The van der Waals surface area contributed by atoms with Gasteiger partial charge in [-0.15, -0.1) is 12.4 Å². The lowest BCUT2D eigenvalue weighted by Crippen LogP contribution is -2.36. The Morgan fingerprint density at radius 3 is 2.27 bits per heavy atom. The van der Waals surface area contributed by atoms with Crippen molar-refractivity contribution in [2.24, 2.45) is 0 Å². The Labute approximate surface area is 160 Å². The summed E-state index contributed by atoms with van der Waals surface area (Å²) >= 11 is 0. The van der Waals surface area contributed by atoms with Crippen molar-refractivity contribution >= 4 is 29.9 Å². The predicted molar refractivity (Wildman–Crippen MR) is 104 cm³/mol. The lowest BCUT2D eigenvalue weighted by Gasteiger charge is -2.28. The molecule has 8 heteroatoms. The molecule has 1 saturated heterocycles. The molecule has 0 aliphatic carbocycles. The summed E-state index contributed by atoms with van der Waals surface area (Å²) in [6, 6.07) is 3.29. The second-order valence-electron chi connectivity index (χ2n) is 6.01. The largest absolute Gasteiger partial charge is 0.493 e. The third-order valence-corrected chi connectivity index (χ3v) is 4.27. The first-order valence-corrected chi connectivity index (χ1v) is 8.60. The van der Waals surface area contributed by atoms with Crippen molar-refractivity contribution in [3.05, 3.63) is 17.7 Å². The minimum Gasteiger partial charge on any atom is -0.493 e. The van der Waals surface area contributed by atoms with Gasteiger partial charge in [0.25, 0.3) is 5.91 Å². The van der Waals surface area contributed by atoms with Gasteiger partial charge < -0.3 is 25.0 Å². The van der Waals surface area contributed by atoms with Gasteiger partial charge in [-0.25, -0.2) is 0 Å². The van der Waals surface area contributed by atoms with E-state index in [0.29, 0.717) is 35.7 Å². The molecule has 0 saturated carbocycles. The zero-order valence-electron chi connectivity index (χ0n) is 15.6. The number of halogens is 1. The quantitative estimate of drug-likeness (QED) is 0.752. The van der Waals surface area contributed by atoms with Crippen LogP contribution < -0.4 is 20.1 Å². The van der Waals surface area contributed by atoms with Crippen molar-refractivity contribution in [3.63, 3.8) is 0 Å². The molecule has 1 aromatic rings. The number of nitrogens with zero attached hydrogens (tertiary/aromatic N) is 1. The van der Waals surface area contributed by atoms with E-state index < -0.39 is 0 Å². The van der Waals surface area contributed by atoms with Gasteiger partial charge in [-0.3, -0.25) is 9.59 Å². The van der Waals surface area contributed by atoms with Crippen LogP contribution in [0.25, 0.3) is 0 Å². The molecule has 2 rings (SSSR count). The van der Waals surface area contributed by atoms with Crippen LogP contribution in [0, 0.1) is 0 Å². The molecule has 1 aliphatic heterocycles. The number of hydrogen-bond acceptors (Lipinski definition) is 5. The van der Waals surface area contributed by atoms with Crippen molar-refractivity contribution in [1.29, 1.82) is 0 Å². The van der Waals surface area contributed by atoms with E-state index in [1.807, 2.05) is 4.90 Å². The summed E-state index contributed by atoms with van der Waals surface area (Å²) in [4.78, 5) is 26.9. The molecular formula is C18H28ClN3O4. The van der Waals surface area contributed by atoms with Crippen molar-refractivity contribution in [2.75, 3.05) is 46.2 Å². The molecule has 26 heavy (non-hydrogen) atoms. The third kappa shape index (κ3) is 5.51. The summed E-state index contributed by atoms with van der Waals surface area (Å²) < 4.78 is 10.6. The van der Waals surface area contributed by atoms with E-state index in [4.69, 9.17) is 9.47 Å². The fourth-order valence-electron chi connectivity index (χ4n) is 2.88. The van der Waals surface area contributed by atoms with Crippen LogP contribution in [-0.4, -0.2) is 57.6 Å². The van der Waals surface area contributed by atoms with Crippen LogP contribution in [0.1, 0.15) is 36.0 Å². The molecule has 2 amide bonds. The smallest absolute Gasteiger partial charge is 0.256 e. The second-order valence-corrected chi connectivity index (χ2v) is 6.01. The van der Waals surface area contributed by atoms with Gasteiger partial charge in [0.2, 0.25) is 5.91 Å². The fraction of sp³-hybridized carbons (Fsp3) is 0.556. The Bertz CT molecular complexity index is 619. The number of benzene rings is 1. The lowest BCUT2D eigenvalue weighted by molar-refractivity contribution is -0.116. The van der Waals surface area contributed by atoms with Crippen molar-refractivity contribution in [1.82, 2.24) is 10.2 Å². The van der Waals surface area contributed by atoms with Gasteiger partial charge in [0.05, 0.1) is 25.5 Å². The van der Waals surface area contributed by atoms with Crippen LogP contribution in [-0.2, 0) is 4.79 Å². The van der Waals surface area contributed by atoms with E-state index in [2.05, 4.69) is 10.6 Å². The maximum absolute atomic E-state index is 12.9. The number of ether oxygens (including phenoxy) is 2. The molecular weight excluding hydrogens is 358 g/mol. The summed E-state index contributed by atoms with van der Waals surface area (Å²) in [5, 5.41) is 5.76. The number of piperidine rings is 1. The van der Waals surface area contributed by atoms with Crippen LogP contribution in [0.3, 0.4) is 0 Å². The second kappa shape index (κ2) is 10.9. The third-order valence-electron chi connectivity index (χ3n) is 4.27. The van der Waals surface area contributed by atoms with E-state index in [1.165, 1.54) is 14.2 Å². The zero-order chi connectivity index (χ0) is 18.2. The molecule has 0 unspecified atom stereocenters. The number of anilines is 1. The Hall–Kier alpha value is -1.99. The van der Waals surface area contributed by atoms with Crippen LogP contribution >= 0.6 is 12.4 Å². The number of hydrogen-bond donors (Lipinski definition) is 2. The zero-order valence-corrected chi connectivity index (χ0v) is 16.4. The maximum Gasteiger partial charge on any atom is 0.256 e. The summed E-state index contributed by atoms with van der Waals surface area (Å²) in [5.41, 5.74) is 0.881. The first-order chi connectivity index (χ1) is 12.1. The van der Waals surface area contributed by atoms with Gasteiger partial charge in [0.15, 0.2) is 11.5 Å². The van der Waals surface area contributed by atoms with Crippen molar-refractivity contribution < 1.29 is 19.1 Å². The van der Waals surface area contributed by atoms with E-state index in [9.17, 15) is 9.59 Å². The van der Waals surface area contributed by atoms with Gasteiger partial charge in [-0.05, 0) is 32.4 Å². The van der Waals surface area contributed by atoms with E-state index in [0.717, 1.165) is 32.4 Å². The molecule has 1 fully saturated rings. The number of rotatable bonds is 7. The topological polar surface area (TPSA) is 79.9 Å². The van der Waals surface area contributed by atoms with E-state index >= 15 is 0 Å². The first-order valence-electron chi connectivity index (χ1n) is 8.60. The SMILES string of the molecule is CNCCC(=O)Nc1cc(OC)c(OC)cc1C(=O)N1CCCCC1.Cl. The van der Waals surface area contributed by atoms with E-state index in [1.54, 1.807) is 19.2 Å². The number of carbonyl (C=O) groups is 2. The van der Waals surface area contributed by atoms with Crippen LogP contribution in [0.4, 0.5) is 5.69 Å². The van der Waals surface area contributed by atoms with Crippen molar-refractivity contribution in [2.45, 2.75) is 25.7 Å². The molecule has 1 aliphatic rings. The lowest BCUT2D eigenvalue weighted by atomic mass is 10.1. The minimum atomic E-state index is -0.158. The number of carbonyl (C=O) groups excluding carboxylic acids is 2. The highest BCUT2D eigenvalue weighted by Crippen LogP contribution is 2.34. The number of amides is 2. The Morgan fingerprint density at radius 2 is 1.69 bits per heavy atom. The molecule has 0 spiro atoms. The van der Waals surface area contributed by atoms with Gasteiger partial charge in [-0.2, -0.15) is 0 Å². The van der Waals surface area contributed by atoms with E-state index in [-0.39, 0.29) is 24.2 Å². The molecule has 146 valence electrons. The average molecular weight is 386 g/mol. The van der Waals surface area contributed by atoms with Crippen LogP contribution in [0.5, 0.6) is 11.5 Å². The number of methoxy groups -OCH3 is 2. The average Bonchev–Trinajstić information content (AvgIpc) is 2.66. The molecule has 1 heterocycles. The molecule has 0 atom stereocenters. The van der Waals surface area contributed by atoms with Gasteiger partial charge in [0.1, 0.15) is 0 Å². The fourth-order valence-corrected chi connectivity index (χ4v) is 2.88. The standard InChI is InChI=1S/C18H27N3O4.ClH/c1-19-8-7-17(22)20-14-12-16(25-3)15(24-2)11-13(14)18(23)21-9-5-4-6-10-21;/h11-12,19H,4-10H2,1-3H3,(H,20,22);1H. The summed E-state index contributed by atoms with van der Waals surface area (Å²) in [5.74, 6) is 0.691. The Kier molecular flexibility index (Phi) is 9.23. The minimum absolute atomic E-state index is 0. The molecule has 1 aromatic carbocycles. The van der Waals surface area contributed by atoms with Crippen molar-refractivity contribution in [3.8, 4) is 11.5 Å². The monoisotopic (exact) mass is 385 g/mol. The predicted octanol–water partition coefficient (Wildman–Crippen LogP) is 2.30. The first kappa shape index (κ1) is 22.1. The maximum atomic E-state index is 12.9. The normalized spacial score (nSPS) is 13.6. The Balaban J connectivity index is 0.00000338. The highest BCUT2D eigenvalue weighted by atomic mass is 35.5. The molecule has 7 nitrogen and oxygen atoms in total. The number of likely N-dealkylation sites (tertiary alicyclic amines) is 1. The summed E-state index contributed by atoms with van der Waals surface area (Å²) in [6.45, 7) is 2.04. The molecule has 0 radical (unpaired) electrons. The van der Waals surface area contributed by atoms with Gasteiger partial charge in [0, 0.05) is 32.1 Å². The van der Waals surface area contributed by atoms with Crippen LogP contribution in [0.2, 0.25) is 0 Å². The molecule has 0 aromatic heterocycles.